The predicted octanol–water partition coefficient (Wildman–Crippen LogP) is 10.9. The van der Waals surface area contributed by atoms with Crippen molar-refractivity contribution in [3.63, 3.8) is 0 Å². The van der Waals surface area contributed by atoms with Gasteiger partial charge in [0.15, 0.2) is 23.1 Å². The van der Waals surface area contributed by atoms with Gasteiger partial charge in [0.1, 0.15) is 22.4 Å². The van der Waals surface area contributed by atoms with Crippen molar-refractivity contribution in [3.05, 3.63) is 146 Å². The number of aromatic nitrogens is 4. The molecule has 48 heavy (non-hydrogen) atoms. The van der Waals surface area contributed by atoms with E-state index < -0.39 is 0 Å². The lowest BCUT2D eigenvalue weighted by Gasteiger charge is -2.11. The highest BCUT2D eigenvalue weighted by Gasteiger charge is 2.23. The molecule has 0 aliphatic rings. The first-order valence-electron chi connectivity index (χ1n) is 15.8. The molecule has 4 aromatic heterocycles. The van der Waals surface area contributed by atoms with Gasteiger partial charge < -0.3 is 8.83 Å². The van der Waals surface area contributed by atoms with E-state index in [4.69, 9.17) is 28.8 Å². The molecule has 0 fully saturated rings. The van der Waals surface area contributed by atoms with Crippen molar-refractivity contribution in [2.75, 3.05) is 0 Å². The van der Waals surface area contributed by atoms with Crippen LogP contribution in [0, 0.1) is 0 Å². The Morgan fingerprint density at radius 2 is 1.06 bits per heavy atom. The molecule has 4 heterocycles. The van der Waals surface area contributed by atoms with E-state index in [1.54, 1.807) is 0 Å². The van der Waals surface area contributed by atoms with Crippen LogP contribution in [-0.2, 0) is 0 Å². The molecule has 0 bridgehead atoms. The molecule has 224 valence electrons. The minimum atomic E-state index is 0.512. The normalized spacial score (nSPS) is 11.8. The fraction of sp³-hybridized carbons (Fsp3) is 0. The van der Waals surface area contributed by atoms with E-state index >= 15 is 0 Å². The Morgan fingerprint density at radius 3 is 1.90 bits per heavy atom. The number of pyridine rings is 1. The summed E-state index contributed by atoms with van der Waals surface area (Å²) in [5.74, 6) is 1.63. The SMILES string of the molecule is c1ccc(-c2nc(-c3cccc4oc5ccccc5c34)nc(-c3cnc(-c4ccc5ccccc5c4)c4oc5ccccc5c34)n2)cc1. The number of benzene rings is 6. The molecule has 6 aromatic carbocycles. The van der Waals surface area contributed by atoms with Crippen molar-refractivity contribution >= 4 is 54.6 Å². The Morgan fingerprint density at radius 1 is 0.417 bits per heavy atom. The van der Waals surface area contributed by atoms with Crippen LogP contribution in [0.5, 0.6) is 0 Å². The van der Waals surface area contributed by atoms with E-state index in [0.717, 1.165) is 71.6 Å². The highest BCUT2D eigenvalue weighted by Crippen LogP contribution is 2.41. The topological polar surface area (TPSA) is 77.8 Å². The van der Waals surface area contributed by atoms with Gasteiger partial charge in [-0.15, -0.1) is 0 Å². The number of para-hydroxylation sites is 2. The molecule has 0 atom stereocenters. The smallest absolute Gasteiger partial charge is 0.166 e. The van der Waals surface area contributed by atoms with Gasteiger partial charge in [-0.05, 0) is 35.0 Å². The van der Waals surface area contributed by atoms with Crippen LogP contribution in [0.25, 0.3) is 100 Å². The first kappa shape index (κ1) is 26.5. The third-order valence-electron chi connectivity index (χ3n) is 8.98. The quantitative estimate of drug-likeness (QED) is 0.196. The van der Waals surface area contributed by atoms with Crippen LogP contribution in [0.15, 0.2) is 155 Å². The van der Waals surface area contributed by atoms with Gasteiger partial charge in [-0.1, -0.05) is 115 Å². The van der Waals surface area contributed by atoms with Crippen LogP contribution < -0.4 is 0 Å². The summed E-state index contributed by atoms with van der Waals surface area (Å²) in [5.41, 5.74) is 7.33. The maximum absolute atomic E-state index is 6.59. The molecule has 0 amide bonds. The molecule has 0 radical (unpaired) electrons. The number of furan rings is 2. The Labute approximate surface area is 274 Å². The third-order valence-corrected chi connectivity index (χ3v) is 8.98. The molecule has 6 nitrogen and oxygen atoms in total. The summed E-state index contributed by atoms with van der Waals surface area (Å²) < 4.78 is 12.8. The first-order chi connectivity index (χ1) is 23.8. The summed E-state index contributed by atoms with van der Waals surface area (Å²) in [5, 5.41) is 6.17. The first-order valence-corrected chi connectivity index (χ1v) is 15.8. The average molecular weight is 617 g/mol. The molecule has 10 aromatic rings. The van der Waals surface area contributed by atoms with Crippen LogP contribution >= 0.6 is 0 Å². The molecule has 0 N–H and O–H groups in total. The Hall–Kier alpha value is -6.66. The van der Waals surface area contributed by atoms with E-state index in [2.05, 4.69) is 54.6 Å². The van der Waals surface area contributed by atoms with Crippen molar-refractivity contribution < 1.29 is 8.83 Å². The van der Waals surface area contributed by atoms with E-state index in [1.165, 1.54) is 5.39 Å². The second-order valence-electron chi connectivity index (χ2n) is 11.8. The molecular weight excluding hydrogens is 592 g/mol. The Bertz CT molecular complexity index is 2850. The largest absolute Gasteiger partial charge is 0.456 e. The zero-order valence-corrected chi connectivity index (χ0v) is 25.5. The van der Waals surface area contributed by atoms with Gasteiger partial charge in [0.05, 0.1) is 0 Å². The number of fused-ring (bicyclic) bond motifs is 7. The van der Waals surface area contributed by atoms with Crippen LogP contribution in [0.3, 0.4) is 0 Å². The summed E-state index contributed by atoms with van der Waals surface area (Å²) in [6, 6.07) is 46.8. The molecule has 0 saturated heterocycles. The zero-order chi connectivity index (χ0) is 31.6. The summed E-state index contributed by atoms with van der Waals surface area (Å²) in [6.07, 6.45) is 1.87. The maximum Gasteiger partial charge on any atom is 0.166 e. The van der Waals surface area contributed by atoms with Gasteiger partial charge in [-0.3, -0.25) is 4.98 Å². The molecule has 0 aliphatic carbocycles. The fourth-order valence-electron chi connectivity index (χ4n) is 6.74. The van der Waals surface area contributed by atoms with E-state index in [9.17, 15) is 0 Å². The Balaban J connectivity index is 1.26. The summed E-state index contributed by atoms with van der Waals surface area (Å²) in [4.78, 5) is 20.3. The van der Waals surface area contributed by atoms with Crippen molar-refractivity contribution in [1.82, 2.24) is 19.9 Å². The highest BCUT2D eigenvalue weighted by molar-refractivity contribution is 6.15. The minimum absolute atomic E-state index is 0.512. The van der Waals surface area contributed by atoms with Gasteiger partial charge in [0, 0.05) is 50.0 Å². The van der Waals surface area contributed by atoms with E-state index in [1.807, 2.05) is 91.1 Å². The lowest BCUT2D eigenvalue weighted by Crippen LogP contribution is -2.01. The van der Waals surface area contributed by atoms with Crippen LogP contribution in [0.1, 0.15) is 0 Å². The molecule has 0 spiro atoms. The second-order valence-corrected chi connectivity index (χ2v) is 11.8. The zero-order valence-electron chi connectivity index (χ0n) is 25.5. The minimum Gasteiger partial charge on any atom is -0.456 e. The number of rotatable bonds is 4. The standard InChI is InChI=1S/C42H24N4O2/c1-2-12-26(13-3-1)40-44-41(31-17-10-20-35-36(31)29-15-6-8-18-33(29)47-35)46-42(45-40)32-24-43-38(28-22-21-25-11-4-5-14-27(25)23-28)39-37(32)30-16-7-9-19-34(30)48-39/h1-24H. The molecule has 0 unspecified atom stereocenters. The van der Waals surface area contributed by atoms with Crippen LogP contribution in [-0.4, -0.2) is 19.9 Å². The molecule has 0 saturated carbocycles. The molecular formula is C42H24N4O2. The highest BCUT2D eigenvalue weighted by atomic mass is 16.3. The number of hydrogen-bond acceptors (Lipinski definition) is 6. The maximum atomic E-state index is 6.59. The van der Waals surface area contributed by atoms with Gasteiger partial charge in [-0.2, -0.15) is 0 Å². The van der Waals surface area contributed by atoms with Crippen LogP contribution in [0.2, 0.25) is 0 Å². The monoisotopic (exact) mass is 616 g/mol. The lowest BCUT2D eigenvalue weighted by atomic mass is 10.0. The van der Waals surface area contributed by atoms with Crippen molar-refractivity contribution in [1.29, 1.82) is 0 Å². The van der Waals surface area contributed by atoms with E-state index in [-0.39, 0.29) is 0 Å². The Kier molecular flexibility index (Phi) is 5.77. The summed E-state index contributed by atoms with van der Waals surface area (Å²) in [6.45, 7) is 0. The summed E-state index contributed by atoms with van der Waals surface area (Å²) in [7, 11) is 0. The van der Waals surface area contributed by atoms with Gasteiger partial charge in [0.2, 0.25) is 0 Å². The molecule has 10 rings (SSSR count). The van der Waals surface area contributed by atoms with Crippen molar-refractivity contribution in [2.45, 2.75) is 0 Å². The predicted molar refractivity (Wildman–Crippen MR) is 191 cm³/mol. The number of hydrogen-bond donors (Lipinski definition) is 0. The van der Waals surface area contributed by atoms with E-state index in [0.29, 0.717) is 23.1 Å². The van der Waals surface area contributed by atoms with Gasteiger partial charge in [-0.25, -0.2) is 15.0 Å². The summed E-state index contributed by atoms with van der Waals surface area (Å²) >= 11 is 0. The van der Waals surface area contributed by atoms with Crippen LogP contribution in [0.4, 0.5) is 0 Å². The number of nitrogens with zero attached hydrogens (tertiary/aromatic N) is 4. The second kappa shape index (κ2) is 10.4. The van der Waals surface area contributed by atoms with Crippen molar-refractivity contribution in [2.24, 2.45) is 0 Å². The average Bonchev–Trinajstić information content (AvgIpc) is 3.74. The fourth-order valence-corrected chi connectivity index (χ4v) is 6.74. The molecule has 6 heteroatoms. The van der Waals surface area contributed by atoms with Gasteiger partial charge >= 0.3 is 0 Å². The third kappa shape index (κ3) is 4.13. The van der Waals surface area contributed by atoms with Gasteiger partial charge in [0.25, 0.3) is 0 Å². The van der Waals surface area contributed by atoms with Crippen molar-refractivity contribution in [3.8, 4) is 45.4 Å². The lowest BCUT2D eigenvalue weighted by molar-refractivity contribution is 0.668. The molecule has 0 aliphatic heterocycles.